The van der Waals surface area contributed by atoms with Crippen LogP contribution in [0.4, 0.5) is 10.1 Å². The van der Waals surface area contributed by atoms with Crippen LogP contribution < -0.4 is 15.5 Å². The van der Waals surface area contributed by atoms with Crippen LogP contribution in [0.5, 0.6) is 5.75 Å². The molecule has 0 fully saturated rings. The third-order valence-corrected chi connectivity index (χ3v) is 5.59. The summed E-state index contributed by atoms with van der Waals surface area (Å²) in [5, 5.41) is 7.42. The zero-order valence-electron chi connectivity index (χ0n) is 17.1. The fraction of sp³-hybridized carbons (Fsp3) is 0.0870. The van der Waals surface area contributed by atoms with Crippen molar-refractivity contribution in [1.29, 1.82) is 0 Å². The van der Waals surface area contributed by atoms with E-state index in [1.807, 2.05) is 12.1 Å². The van der Waals surface area contributed by atoms with Crippen LogP contribution in [-0.2, 0) is 9.59 Å². The number of ether oxygens (including phenoxy) is 1. The number of hydrogen-bond acceptors (Lipinski definition) is 5. The van der Waals surface area contributed by atoms with Gasteiger partial charge in [0.05, 0.1) is 17.0 Å². The predicted octanol–water partition coefficient (Wildman–Crippen LogP) is 5.39. The molecular weight excluding hydrogens is 488 g/mol. The van der Waals surface area contributed by atoms with Crippen LogP contribution in [0.2, 0.25) is 10.0 Å². The van der Waals surface area contributed by atoms with Crippen molar-refractivity contribution in [3.8, 4) is 5.75 Å². The summed E-state index contributed by atoms with van der Waals surface area (Å²) in [6, 6.07) is 17.4. The summed E-state index contributed by atoms with van der Waals surface area (Å²) >= 11 is 13.4. The molecule has 0 radical (unpaired) electrons. The highest BCUT2D eigenvalue weighted by molar-refractivity contribution is 8.00. The van der Waals surface area contributed by atoms with E-state index in [2.05, 4.69) is 15.8 Å². The van der Waals surface area contributed by atoms with Gasteiger partial charge in [-0.3, -0.25) is 9.59 Å². The Labute approximate surface area is 204 Å². The van der Waals surface area contributed by atoms with Crippen molar-refractivity contribution < 1.29 is 18.7 Å². The van der Waals surface area contributed by atoms with Crippen LogP contribution in [-0.4, -0.2) is 30.4 Å². The first-order valence-electron chi connectivity index (χ1n) is 9.57. The van der Waals surface area contributed by atoms with Crippen molar-refractivity contribution in [2.24, 2.45) is 5.10 Å². The van der Waals surface area contributed by atoms with Gasteiger partial charge in [-0.25, -0.2) is 9.82 Å². The molecule has 33 heavy (non-hydrogen) atoms. The van der Waals surface area contributed by atoms with Gasteiger partial charge < -0.3 is 10.1 Å². The molecule has 0 aliphatic heterocycles. The van der Waals surface area contributed by atoms with Crippen LogP contribution >= 0.6 is 35.0 Å². The monoisotopic (exact) mass is 505 g/mol. The van der Waals surface area contributed by atoms with E-state index in [-0.39, 0.29) is 23.3 Å². The fourth-order valence-electron chi connectivity index (χ4n) is 2.48. The molecule has 3 aromatic rings. The molecule has 0 unspecified atom stereocenters. The van der Waals surface area contributed by atoms with Crippen LogP contribution in [0.25, 0.3) is 0 Å². The zero-order chi connectivity index (χ0) is 23.6. The maximum absolute atomic E-state index is 12.9. The van der Waals surface area contributed by atoms with Crippen molar-refractivity contribution in [2.45, 2.75) is 4.90 Å². The Morgan fingerprint density at radius 1 is 1.00 bits per heavy atom. The highest BCUT2D eigenvalue weighted by Crippen LogP contribution is 2.25. The Morgan fingerprint density at radius 2 is 1.73 bits per heavy atom. The van der Waals surface area contributed by atoms with Gasteiger partial charge in [0.1, 0.15) is 11.6 Å². The van der Waals surface area contributed by atoms with Gasteiger partial charge in [-0.2, -0.15) is 5.10 Å². The average molecular weight is 506 g/mol. The number of hydrazone groups is 1. The number of nitrogens with zero attached hydrogens (tertiary/aromatic N) is 1. The number of hydrogen-bond donors (Lipinski definition) is 2. The SMILES string of the molecule is O=C(CSc1ccc(Cl)cc1)N/N=C\c1ccc(OCC(=O)Nc2ccc(F)cc2)c(Cl)c1. The summed E-state index contributed by atoms with van der Waals surface area (Å²) in [6.45, 7) is -0.272. The maximum Gasteiger partial charge on any atom is 0.262 e. The number of benzene rings is 3. The maximum atomic E-state index is 12.9. The Kier molecular flexibility index (Phi) is 9.12. The molecule has 0 spiro atoms. The smallest absolute Gasteiger partial charge is 0.262 e. The Morgan fingerprint density at radius 3 is 2.42 bits per heavy atom. The summed E-state index contributed by atoms with van der Waals surface area (Å²) in [5.41, 5.74) is 3.53. The number of thioether (sulfide) groups is 1. The molecule has 0 saturated carbocycles. The van der Waals surface area contributed by atoms with E-state index in [1.165, 1.54) is 42.2 Å². The van der Waals surface area contributed by atoms with Crippen LogP contribution in [0, 0.1) is 5.82 Å². The zero-order valence-corrected chi connectivity index (χ0v) is 19.4. The van der Waals surface area contributed by atoms with Gasteiger partial charge in [0, 0.05) is 15.6 Å². The van der Waals surface area contributed by atoms with Crippen LogP contribution in [0.3, 0.4) is 0 Å². The van der Waals surface area contributed by atoms with E-state index in [4.69, 9.17) is 27.9 Å². The summed E-state index contributed by atoms with van der Waals surface area (Å²) in [4.78, 5) is 24.8. The molecule has 3 rings (SSSR count). The number of anilines is 1. The molecular formula is C23H18Cl2FN3O3S. The number of carbonyl (C=O) groups is 2. The molecule has 0 saturated heterocycles. The third kappa shape index (κ3) is 8.42. The molecule has 6 nitrogen and oxygen atoms in total. The number of amides is 2. The molecule has 0 aliphatic carbocycles. The lowest BCUT2D eigenvalue weighted by Crippen LogP contribution is -2.20. The minimum absolute atomic E-state index is 0.201. The van der Waals surface area contributed by atoms with Gasteiger partial charge >= 0.3 is 0 Å². The highest BCUT2D eigenvalue weighted by Gasteiger charge is 2.08. The van der Waals surface area contributed by atoms with Crippen molar-refractivity contribution in [3.63, 3.8) is 0 Å². The van der Waals surface area contributed by atoms with Gasteiger partial charge in [-0.05, 0) is 72.3 Å². The summed E-state index contributed by atoms with van der Waals surface area (Å²) in [5.74, 6) is -0.554. The van der Waals surface area contributed by atoms with Crippen LogP contribution in [0.15, 0.2) is 76.7 Å². The predicted molar refractivity (Wildman–Crippen MR) is 130 cm³/mol. The molecule has 0 aromatic heterocycles. The molecule has 2 N–H and O–H groups in total. The highest BCUT2D eigenvalue weighted by atomic mass is 35.5. The van der Waals surface area contributed by atoms with Crippen molar-refractivity contribution in [2.75, 3.05) is 17.7 Å². The molecule has 2 amide bonds. The topological polar surface area (TPSA) is 79.8 Å². The lowest BCUT2D eigenvalue weighted by Gasteiger charge is -2.09. The largest absolute Gasteiger partial charge is 0.482 e. The van der Waals surface area contributed by atoms with Gasteiger partial charge in [0.15, 0.2) is 6.61 Å². The molecule has 170 valence electrons. The third-order valence-electron chi connectivity index (χ3n) is 4.03. The minimum Gasteiger partial charge on any atom is -0.482 e. The van der Waals surface area contributed by atoms with Crippen LogP contribution in [0.1, 0.15) is 5.56 Å². The van der Waals surface area contributed by atoms with Gasteiger partial charge in [0.2, 0.25) is 5.91 Å². The molecule has 3 aromatic carbocycles. The van der Waals surface area contributed by atoms with E-state index < -0.39 is 11.7 Å². The number of carbonyl (C=O) groups excluding carboxylic acids is 2. The number of rotatable bonds is 9. The van der Waals surface area contributed by atoms with E-state index in [0.717, 1.165) is 4.90 Å². The second-order valence-corrected chi connectivity index (χ2v) is 8.46. The molecule has 0 aliphatic rings. The summed E-state index contributed by atoms with van der Waals surface area (Å²) < 4.78 is 18.3. The van der Waals surface area contributed by atoms with Crippen molar-refractivity contribution >= 4 is 58.7 Å². The fourth-order valence-corrected chi connectivity index (χ4v) is 3.54. The van der Waals surface area contributed by atoms with E-state index >= 15 is 0 Å². The number of nitrogens with one attached hydrogen (secondary N) is 2. The second-order valence-electron chi connectivity index (χ2n) is 6.57. The molecule has 10 heteroatoms. The van der Waals surface area contributed by atoms with E-state index in [0.29, 0.717) is 22.0 Å². The summed E-state index contributed by atoms with van der Waals surface area (Å²) in [7, 11) is 0. The van der Waals surface area contributed by atoms with Crippen molar-refractivity contribution in [3.05, 3.63) is 88.2 Å². The standard InChI is InChI=1S/C23H18Cl2FN3O3S/c24-16-2-8-19(9-3-16)33-14-23(31)29-27-12-15-1-10-21(20(25)11-15)32-13-22(30)28-18-6-4-17(26)5-7-18/h1-12H,13-14H2,(H,28,30)(H,29,31)/b27-12-. The molecule has 0 heterocycles. The van der Waals surface area contributed by atoms with Gasteiger partial charge in [0.25, 0.3) is 5.91 Å². The summed E-state index contributed by atoms with van der Waals surface area (Å²) in [6.07, 6.45) is 1.45. The molecule has 0 atom stereocenters. The first-order valence-corrected chi connectivity index (χ1v) is 11.3. The van der Waals surface area contributed by atoms with E-state index in [1.54, 1.807) is 30.3 Å². The molecule has 0 bridgehead atoms. The minimum atomic E-state index is -0.414. The quantitative estimate of drug-likeness (QED) is 0.232. The Bertz CT molecular complexity index is 1140. The Balaban J connectivity index is 1.43. The second kappa shape index (κ2) is 12.2. The van der Waals surface area contributed by atoms with Crippen molar-refractivity contribution in [1.82, 2.24) is 5.43 Å². The lowest BCUT2D eigenvalue weighted by atomic mass is 10.2. The van der Waals surface area contributed by atoms with Gasteiger partial charge in [-0.1, -0.05) is 23.2 Å². The normalized spacial score (nSPS) is 10.8. The first-order chi connectivity index (χ1) is 15.9. The van der Waals surface area contributed by atoms with Gasteiger partial charge in [-0.15, -0.1) is 11.8 Å². The average Bonchev–Trinajstić information content (AvgIpc) is 2.80. The lowest BCUT2D eigenvalue weighted by molar-refractivity contribution is -0.119. The van der Waals surface area contributed by atoms with E-state index in [9.17, 15) is 14.0 Å². The number of halogens is 3. The Hall–Kier alpha value is -3.07. The first kappa shape index (κ1) is 24.6.